The third-order valence-electron chi connectivity index (χ3n) is 3.92. The van der Waals surface area contributed by atoms with E-state index in [-0.39, 0.29) is 17.3 Å². The van der Waals surface area contributed by atoms with Crippen LogP contribution in [0.25, 0.3) is 0 Å². The number of ether oxygens (including phenoxy) is 1. The second-order valence-corrected chi connectivity index (χ2v) is 7.07. The van der Waals surface area contributed by atoms with Crippen molar-refractivity contribution < 1.29 is 23.6 Å². The van der Waals surface area contributed by atoms with Gasteiger partial charge < -0.3 is 19.9 Å². The number of hydrogen-bond acceptors (Lipinski definition) is 7. The summed E-state index contributed by atoms with van der Waals surface area (Å²) in [4.78, 5) is 37.3. The quantitative estimate of drug-likeness (QED) is 0.569. The smallest absolute Gasteiger partial charge is 0.338 e. The van der Waals surface area contributed by atoms with Gasteiger partial charge >= 0.3 is 5.97 Å². The number of thiophene rings is 1. The van der Waals surface area contributed by atoms with Crippen molar-refractivity contribution in [2.45, 2.75) is 26.4 Å². The Morgan fingerprint density at radius 2 is 1.93 bits per heavy atom. The SMILES string of the molecule is CCC(OC(=O)c1ccc(NC(=O)c2cccs2)cc1)C(=O)Nc1cc(C)on1. The van der Waals surface area contributed by atoms with Crippen molar-refractivity contribution in [3.63, 3.8) is 0 Å². The lowest BCUT2D eigenvalue weighted by molar-refractivity contribution is -0.124. The molecule has 0 radical (unpaired) electrons. The van der Waals surface area contributed by atoms with Gasteiger partial charge in [0.05, 0.1) is 10.4 Å². The molecule has 1 unspecified atom stereocenters. The molecule has 2 amide bonds. The average Bonchev–Trinajstić information content (AvgIpc) is 3.38. The molecule has 1 atom stereocenters. The van der Waals surface area contributed by atoms with Gasteiger partial charge in [0.1, 0.15) is 5.76 Å². The molecule has 1 aromatic carbocycles. The summed E-state index contributed by atoms with van der Waals surface area (Å²) in [6, 6.07) is 11.3. The first-order valence-electron chi connectivity index (χ1n) is 8.86. The molecule has 0 aliphatic heterocycles. The third kappa shape index (κ3) is 5.29. The highest BCUT2D eigenvalue weighted by Gasteiger charge is 2.23. The maximum Gasteiger partial charge on any atom is 0.338 e. The molecule has 29 heavy (non-hydrogen) atoms. The highest BCUT2D eigenvalue weighted by Crippen LogP contribution is 2.16. The first-order chi connectivity index (χ1) is 14.0. The summed E-state index contributed by atoms with van der Waals surface area (Å²) < 4.78 is 10.2. The molecule has 3 rings (SSSR count). The molecule has 0 saturated carbocycles. The normalized spacial score (nSPS) is 11.5. The number of amides is 2. The highest BCUT2D eigenvalue weighted by molar-refractivity contribution is 7.12. The summed E-state index contributed by atoms with van der Waals surface area (Å²) in [5, 5.41) is 10.8. The van der Waals surface area contributed by atoms with Crippen LogP contribution in [0.2, 0.25) is 0 Å². The number of hydrogen-bond donors (Lipinski definition) is 2. The fourth-order valence-corrected chi connectivity index (χ4v) is 3.06. The Morgan fingerprint density at radius 1 is 1.17 bits per heavy atom. The minimum absolute atomic E-state index is 0.221. The Balaban J connectivity index is 1.58. The zero-order valence-electron chi connectivity index (χ0n) is 15.8. The number of nitrogens with zero attached hydrogens (tertiary/aromatic N) is 1. The Bertz CT molecular complexity index is 996. The fraction of sp³-hybridized carbons (Fsp3) is 0.200. The highest BCUT2D eigenvalue weighted by atomic mass is 32.1. The van der Waals surface area contributed by atoms with Crippen molar-refractivity contribution in [1.29, 1.82) is 0 Å². The van der Waals surface area contributed by atoms with Gasteiger partial charge in [-0.3, -0.25) is 9.59 Å². The van der Waals surface area contributed by atoms with E-state index in [0.717, 1.165) is 0 Å². The fourth-order valence-electron chi connectivity index (χ4n) is 2.44. The predicted molar refractivity (Wildman–Crippen MR) is 108 cm³/mol. The summed E-state index contributed by atoms with van der Waals surface area (Å²) in [6.07, 6.45) is -0.679. The molecule has 150 valence electrons. The minimum atomic E-state index is -0.974. The van der Waals surface area contributed by atoms with Gasteiger partial charge in [-0.25, -0.2) is 4.79 Å². The van der Waals surface area contributed by atoms with Crippen molar-refractivity contribution in [3.05, 3.63) is 64.0 Å². The molecular weight excluding hydrogens is 394 g/mol. The van der Waals surface area contributed by atoms with Crippen LogP contribution in [0.5, 0.6) is 0 Å². The van der Waals surface area contributed by atoms with E-state index in [9.17, 15) is 14.4 Å². The molecule has 2 heterocycles. The summed E-state index contributed by atoms with van der Waals surface area (Å²) >= 11 is 1.34. The summed E-state index contributed by atoms with van der Waals surface area (Å²) in [6.45, 7) is 3.43. The second kappa shape index (κ2) is 9.16. The summed E-state index contributed by atoms with van der Waals surface area (Å²) in [5.74, 6) is -0.543. The first kappa shape index (κ1) is 20.3. The van der Waals surface area contributed by atoms with Crippen molar-refractivity contribution in [2.24, 2.45) is 0 Å². The minimum Gasteiger partial charge on any atom is -0.449 e. The molecule has 0 bridgehead atoms. The van der Waals surface area contributed by atoms with E-state index in [4.69, 9.17) is 9.26 Å². The number of carbonyl (C=O) groups is 3. The lowest BCUT2D eigenvalue weighted by Crippen LogP contribution is -2.32. The molecular formula is C20H19N3O5S. The van der Waals surface area contributed by atoms with Gasteiger partial charge in [-0.2, -0.15) is 0 Å². The van der Waals surface area contributed by atoms with E-state index in [1.165, 1.54) is 23.5 Å². The maximum atomic E-state index is 12.4. The zero-order valence-corrected chi connectivity index (χ0v) is 16.6. The monoisotopic (exact) mass is 413 g/mol. The molecule has 0 saturated heterocycles. The van der Waals surface area contributed by atoms with Gasteiger partial charge in [0.2, 0.25) is 0 Å². The van der Waals surface area contributed by atoms with E-state index in [1.54, 1.807) is 44.2 Å². The van der Waals surface area contributed by atoms with Crippen LogP contribution < -0.4 is 10.6 Å². The molecule has 2 N–H and O–H groups in total. The number of esters is 1. The van der Waals surface area contributed by atoms with Crippen LogP contribution in [0.15, 0.2) is 52.4 Å². The Morgan fingerprint density at radius 3 is 2.52 bits per heavy atom. The standard InChI is InChI=1S/C20H19N3O5S/c1-3-15(18(24)22-17-11-12(2)28-23-17)27-20(26)13-6-8-14(9-7-13)21-19(25)16-5-4-10-29-16/h4-11,15H,3H2,1-2H3,(H,21,25)(H,22,23,24). The topological polar surface area (TPSA) is 111 Å². The number of benzene rings is 1. The van der Waals surface area contributed by atoms with Crippen molar-refractivity contribution in [3.8, 4) is 0 Å². The largest absolute Gasteiger partial charge is 0.449 e. The Labute approximate surface area is 170 Å². The van der Waals surface area contributed by atoms with E-state index in [0.29, 0.717) is 22.7 Å². The molecule has 9 heteroatoms. The van der Waals surface area contributed by atoms with Crippen molar-refractivity contribution in [2.75, 3.05) is 10.6 Å². The van der Waals surface area contributed by atoms with E-state index < -0.39 is 18.0 Å². The van der Waals surface area contributed by atoms with Crippen LogP contribution in [0.1, 0.15) is 39.1 Å². The van der Waals surface area contributed by atoms with Crippen LogP contribution in [-0.2, 0) is 9.53 Å². The number of aryl methyl sites for hydroxylation is 1. The molecule has 8 nitrogen and oxygen atoms in total. The molecule has 0 aliphatic carbocycles. The van der Waals surface area contributed by atoms with Gasteiger partial charge in [0.25, 0.3) is 11.8 Å². The van der Waals surface area contributed by atoms with Crippen molar-refractivity contribution >= 4 is 40.6 Å². The number of nitrogens with one attached hydrogen (secondary N) is 2. The summed E-state index contributed by atoms with van der Waals surface area (Å²) in [7, 11) is 0. The zero-order chi connectivity index (χ0) is 20.8. The van der Waals surface area contributed by atoms with Crippen LogP contribution in [0.3, 0.4) is 0 Å². The van der Waals surface area contributed by atoms with Crippen LogP contribution >= 0.6 is 11.3 Å². The maximum absolute atomic E-state index is 12.4. The van der Waals surface area contributed by atoms with E-state index in [2.05, 4.69) is 15.8 Å². The Hall–Kier alpha value is -3.46. The summed E-state index contributed by atoms with van der Waals surface area (Å²) in [5.41, 5.74) is 0.814. The predicted octanol–water partition coefficient (Wildman–Crippen LogP) is 3.87. The second-order valence-electron chi connectivity index (χ2n) is 6.12. The van der Waals surface area contributed by atoms with E-state index >= 15 is 0 Å². The lowest BCUT2D eigenvalue weighted by atomic mass is 10.2. The third-order valence-corrected chi connectivity index (χ3v) is 4.78. The number of rotatable bonds is 7. The van der Waals surface area contributed by atoms with Gasteiger partial charge in [-0.15, -0.1) is 11.3 Å². The lowest BCUT2D eigenvalue weighted by Gasteiger charge is -2.15. The molecule has 0 aliphatic rings. The average molecular weight is 413 g/mol. The van der Waals surface area contributed by atoms with Gasteiger partial charge in [0, 0.05) is 11.8 Å². The molecule has 3 aromatic rings. The van der Waals surface area contributed by atoms with Crippen LogP contribution in [-0.4, -0.2) is 29.0 Å². The van der Waals surface area contributed by atoms with Gasteiger partial charge in [-0.05, 0) is 49.1 Å². The number of aromatic nitrogens is 1. The molecule has 0 spiro atoms. The Kier molecular flexibility index (Phi) is 6.40. The number of carbonyl (C=O) groups excluding carboxylic acids is 3. The molecule has 2 aromatic heterocycles. The van der Waals surface area contributed by atoms with E-state index in [1.807, 2.05) is 5.38 Å². The van der Waals surface area contributed by atoms with Gasteiger partial charge in [-0.1, -0.05) is 18.1 Å². The number of anilines is 2. The van der Waals surface area contributed by atoms with Gasteiger partial charge in [0.15, 0.2) is 11.9 Å². The van der Waals surface area contributed by atoms with Crippen LogP contribution in [0, 0.1) is 6.92 Å². The van der Waals surface area contributed by atoms with Crippen LogP contribution in [0.4, 0.5) is 11.5 Å². The molecule has 0 fully saturated rings. The van der Waals surface area contributed by atoms with Crippen molar-refractivity contribution in [1.82, 2.24) is 5.16 Å². The first-order valence-corrected chi connectivity index (χ1v) is 9.74.